The predicted octanol–water partition coefficient (Wildman–Crippen LogP) is 2.76. The minimum Gasteiger partial charge on any atom is -0.506 e. The van der Waals surface area contributed by atoms with Gasteiger partial charge in [0, 0.05) is 42.2 Å². The summed E-state index contributed by atoms with van der Waals surface area (Å²) in [6.07, 6.45) is 0.469. The molecule has 2 atom stereocenters. The van der Waals surface area contributed by atoms with Crippen molar-refractivity contribution < 1.29 is 39.5 Å². The van der Waals surface area contributed by atoms with Crippen molar-refractivity contribution >= 4 is 28.7 Å². The molecular weight excluding hydrogens is 680 g/mol. The third-order valence-electron chi connectivity index (χ3n) is 9.31. The van der Waals surface area contributed by atoms with Crippen LogP contribution in [-0.2, 0) is 33.0 Å². The zero-order valence-electron chi connectivity index (χ0n) is 28.6. The average molecular weight is 721 g/mol. The van der Waals surface area contributed by atoms with Gasteiger partial charge in [0.2, 0.25) is 17.1 Å². The number of aromatic amines is 1. The number of nitrogens with one attached hydrogen (secondary N) is 4. The smallest absolute Gasteiger partial charge is 0.345 e. The Labute approximate surface area is 304 Å². The van der Waals surface area contributed by atoms with Crippen LogP contribution in [0.15, 0.2) is 108 Å². The molecule has 1 aliphatic rings. The quantitative estimate of drug-likeness (QED) is 0.0793. The molecule has 0 saturated heterocycles. The van der Waals surface area contributed by atoms with Gasteiger partial charge in [-0.2, -0.15) is 0 Å². The van der Waals surface area contributed by atoms with E-state index in [0.29, 0.717) is 30.3 Å². The number of phenols is 1. The summed E-state index contributed by atoms with van der Waals surface area (Å²) in [6, 6.07) is 27.4. The van der Waals surface area contributed by atoms with Gasteiger partial charge in [-0.05, 0) is 59.4 Å². The third kappa shape index (κ3) is 8.72. The van der Waals surface area contributed by atoms with Crippen molar-refractivity contribution in [2.75, 3.05) is 13.2 Å². The number of aliphatic hydroxyl groups excluding tert-OH is 1. The van der Waals surface area contributed by atoms with Crippen molar-refractivity contribution in [1.29, 1.82) is 0 Å². The Morgan fingerprint density at radius 3 is 2.23 bits per heavy atom. The highest BCUT2D eigenvalue weighted by Crippen LogP contribution is 2.32. The predicted molar refractivity (Wildman–Crippen MR) is 195 cm³/mol. The van der Waals surface area contributed by atoms with Gasteiger partial charge in [-0.3, -0.25) is 14.4 Å². The number of benzene rings is 4. The van der Waals surface area contributed by atoms with Crippen LogP contribution in [0.25, 0.3) is 10.9 Å². The highest BCUT2D eigenvalue weighted by Gasteiger charge is 2.40. The second kappa shape index (κ2) is 16.1. The van der Waals surface area contributed by atoms with Gasteiger partial charge >= 0.3 is 5.97 Å². The first kappa shape index (κ1) is 36.8. The van der Waals surface area contributed by atoms with Gasteiger partial charge in [0.25, 0.3) is 5.91 Å². The second-order valence-corrected chi connectivity index (χ2v) is 13.1. The molecule has 2 amide bonds. The van der Waals surface area contributed by atoms with E-state index in [9.17, 15) is 39.6 Å². The van der Waals surface area contributed by atoms with E-state index in [-0.39, 0.29) is 77.2 Å². The maximum absolute atomic E-state index is 12.7. The van der Waals surface area contributed by atoms with Gasteiger partial charge < -0.3 is 46.1 Å². The largest absolute Gasteiger partial charge is 0.506 e. The molecule has 5 aromatic rings. The Balaban J connectivity index is 0.896. The van der Waals surface area contributed by atoms with Crippen LogP contribution < -0.4 is 26.2 Å². The fourth-order valence-corrected chi connectivity index (χ4v) is 6.43. The Morgan fingerprint density at radius 1 is 0.830 bits per heavy atom. The number of phenolic OH excluding ortho intramolecular Hbond substituents is 1. The highest BCUT2D eigenvalue weighted by atomic mass is 16.5. The lowest BCUT2D eigenvalue weighted by Gasteiger charge is -2.36. The highest BCUT2D eigenvalue weighted by molar-refractivity contribution is 5.87. The molecule has 1 saturated carbocycles. The number of aliphatic hydroxyl groups is 2. The number of carbonyl (C=O) groups excluding carboxylic acids is 2. The van der Waals surface area contributed by atoms with E-state index in [1.54, 1.807) is 42.5 Å². The van der Waals surface area contributed by atoms with Crippen LogP contribution in [0, 0.1) is 0 Å². The lowest BCUT2D eigenvalue weighted by molar-refractivity contribution is -0.155. The molecule has 0 spiro atoms. The lowest BCUT2D eigenvalue weighted by atomic mass is 9.86. The molecule has 1 aliphatic carbocycles. The van der Waals surface area contributed by atoms with Crippen molar-refractivity contribution in [2.45, 2.75) is 49.6 Å². The Bertz CT molecular complexity index is 2150. The minimum absolute atomic E-state index is 0.0687. The molecule has 4 aromatic carbocycles. The molecule has 0 bridgehead atoms. The Morgan fingerprint density at radius 2 is 1.51 bits per heavy atom. The number of carbonyl (C=O) groups is 3. The number of pyridine rings is 1. The first-order valence-corrected chi connectivity index (χ1v) is 17.1. The number of amides is 2. The van der Waals surface area contributed by atoms with Crippen LogP contribution in [-0.4, -0.2) is 68.4 Å². The molecule has 53 heavy (non-hydrogen) atoms. The molecule has 0 aliphatic heterocycles. The van der Waals surface area contributed by atoms with E-state index in [4.69, 9.17) is 4.74 Å². The molecule has 0 unspecified atom stereocenters. The number of aromatic nitrogens is 1. The second-order valence-electron chi connectivity index (χ2n) is 13.1. The maximum Gasteiger partial charge on any atom is 0.345 e. The summed E-state index contributed by atoms with van der Waals surface area (Å²) in [5.41, 5.74) is 0.302. The molecule has 13 nitrogen and oxygen atoms in total. The summed E-state index contributed by atoms with van der Waals surface area (Å²) in [5, 5.41) is 51.4. The van der Waals surface area contributed by atoms with E-state index in [2.05, 4.69) is 20.9 Å². The summed E-state index contributed by atoms with van der Waals surface area (Å²) in [7, 11) is 0. The van der Waals surface area contributed by atoms with Crippen molar-refractivity contribution in [3.63, 3.8) is 0 Å². The van der Waals surface area contributed by atoms with Crippen LogP contribution >= 0.6 is 0 Å². The topological polar surface area (TPSA) is 210 Å². The van der Waals surface area contributed by atoms with E-state index < -0.39 is 17.7 Å². The number of aromatic hydroxyl groups is 1. The van der Waals surface area contributed by atoms with Crippen molar-refractivity contribution in [2.24, 2.45) is 0 Å². The van der Waals surface area contributed by atoms with Crippen LogP contribution in [0.4, 0.5) is 0 Å². The van der Waals surface area contributed by atoms with E-state index >= 15 is 0 Å². The van der Waals surface area contributed by atoms with Crippen molar-refractivity contribution in [3.05, 3.63) is 141 Å². The number of rotatable bonds is 15. The molecule has 13 heteroatoms. The SMILES string of the molecule is O=C(COc1cccc([C@](O)(C(=O)O)c2ccccc2)c1)NC1CC(NC(=O)Cc2ccc(CNC[C@H](O)c3ccc(O)c4[nH]c(=O)ccc34)cc2)C1. The number of fused-ring (bicyclic) bond motifs is 1. The number of hydrogen-bond acceptors (Lipinski definition) is 9. The fraction of sp³-hybridized carbons (Fsp3) is 0.250. The monoisotopic (exact) mass is 720 g/mol. The van der Waals surface area contributed by atoms with Crippen LogP contribution in [0.3, 0.4) is 0 Å². The van der Waals surface area contributed by atoms with Crippen LogP contribution in [0.5, 0.6) is 11.5 Å². The first-order chi connectivity index (χ1) is 25.5. The summed E-state index contributed by atoms with van der Waals surface area (Å²) < 4.78 is 5.61. The van der Waals surface area contributed by atoms with Gasteiger partial charge in [-0.25, -0.2) is 4.79 Å². The molecule has 1 aromatic heterocycles. The normalized spacial score (nSPS) is 16.9. The molecule has 1 fully saturated rings. The molecule has 274 valence electrons. The summed E-state index contributed by atoms with van der Waals surface area (Å²) >= 11 is 0. The minimum atomic E-state index is -2.29. The van der Waals surface area contributed by atoms with Gasteiger partial charge in [-0.1, -0.05) is 72.8 Å². The number of carboxylic acids is 1. The van der Waals surface area contributed by atoms with E-state index in [1.165, 1.54) is 36.4 Å². The summed E-state index contributed by atoms with van der Waals surface area (Å²) in [5.74, 6) is -1.77. The van der Waals surface area contributed by atoms with Crippen molar-refractivity contribution in [1.82, 2.24) is 20.9 Å². The maximum atomic E-state index is 12.7. The fourth-order valence-electron chi connectivity index (χ4n) is 6.43. The van der Waals surface area contributed by atoms with E-state index in [0.717, 1.165) is 11.1 Å². The van der Waals surface area contributed by atoms with Gasteiger partial charge in [0.05, 0.1) is 18.0 Å². The first-order valence-electron chi connectivity index (χ1n) is 17.1. The number of hydrogen-bond donors (Lipinski definition) is 8. The van der Waals surface area contributed by atoms with E-state index in [1.807, 2.05) is 24.3 Å². The van der Waals surface area contributed by atoms with Gasteiger partial charge in [0.1, 0.15) is 11.5 Å². The Hall–Kier alpha value is -6.02. The number of carboxylic acid groups (broad SMARTS) is 1. The molecular formula is C40H40N4O9. The van der Waals surface area contributed by atoms with Gasteiger partial charge in [0.15, 0.2) is 6.61 Å². The number of ether oxygens (including phenoxy) is 1. The Kier molecular flexibility index (Phi) is 11.2. The third-order valence-corrected chi connectivity index (χ3v) is 9.31. The molecule has 6 rings (SSSR count). The van der Waals surface area contributed by atoms with Gasteiger partial charge in [-0.15, -0.1) is 0 Å². The average Bonchev–Trinajstić information content (AvgIpc) is 3.14. The molecule has 8 N–H and O–H groups in total. The summed E-state index contributed by atoms with van der Waals surface area (Å²) in [6.45, 7) is 0.409. The number of aliphatic carboxylic acids is 1. The number of H-pyrrole nitrogens is 1. The van der Waals surface area contributed by atoms with Crippen LogP contribution in [0.2, 0.25) is 0 Å². The zero-order valence-corrected chi connectivity index (χ0v) is 28.6. The standard InChI is InChI=1S/C40H40N4O9/c45-33-15-13-31(32-14-16-35(47)44-38(32)33)34(46)22-41-21-25-11-9-24(10-12-25)17-36(48)42-28-19-29(20-28)43-37(49)23-53-30-8-4-7-27(18-30)40(52,39(50)51)26-5-2-1-3-6-26/h1-16,18,28-29,34,41,45-46,52H,17,19-23H2,(H,42,48)(H,43,49)(H,44,47)(H,50,51)/t28?,29?,34-,40-/m0/s1. The zero-order chi connectivity index (χ0) is 37.5. The van der Waals surface area contributed by atoms with Crippen molar-refractivity contribution in [3.8, 4) is 11.5 Å². The lowest BCUT2D eigenvalue weighted by Crippen LogP contribution is -2.54. The molecule has 1 heterocycles. The van der Waals surface area contributed by atoms with Crippen LogP contribution in [0.1, 0.15) is 46.8 Å². The molecule has 0 radical (unpaired) electrons. The summed E-state index contributed by atoms with van der Waals surface area (Å²) in [4.78, 5) is 51.6.